The summed E-state index contributed by atoms with van der Waals surface area (Å²) < 4.78 is 2.15. The van der Waals surface area contributed by atoms with Gasteiger partial charge in [0.2, 0.25) is 5.56 Å². The van der Waals surface area contributed by atoms with Crippen LogP contribution in [0.25, 0.3) is 33.1 Å². The first-order valence-corrected chi connectivity index (χ1v) is 15.2. The molecule has 6 aromatic rings. The molecule has 4 aromatic carbocycles. The van der Waals surface area contributed by atoms with E-state index in [1.165, 1.54) is 12.1 Å². The summed E-state index contributed by atoms with van der Waals surface area (Å²) in [6, 6.07) is 28.0. The molecule has 0 aliphatic carbocycles. The summed E-state index contributed by atoms with van der Waals surface area (Å²) in [5.74, 6) is -0.0395. The summed E-state index contributed by atoms with van der Waals surface area (Å²) in [4.78, 5) is 30.3. The number of aliphatic hydroxyl groups excluding tert-OH is 1. The number of H-pyrrole nitrogens is 1. The molecule has 46 heavy (non-hydrogen) atoms. The van der Waals surface area contributed by atoms with E-state index in [0.717, 1.165) is 59.1 Å². The predicted molar refractivity (Wildman–Crippen MR) is 179 cm³/mol. The lowest BCUT2D eigenvalue weighted by Crippen LogP contribution is -2.21. The second kappa shape index (κ2) is 13.7. The maximum absolute atomic E-state index is 11.7. The van der Waals surface area contributed by atoms with E-state index in [2.05, 4.69) is 37.3 Å². The smallest absolute Gasteiger partial charge is 0.409 e. The van der Waals surface area contributed by atoms with E-state index in [-0.39, 0.29) is 17.9 Å². The molecular weight excluding hydrogens is 582 g/mol. The minimum atomic E-state index is -1.08. The monoisotopic (exact) mass is 617 g/mol. The zero-order valence-corrected chi connectivity index (χ0v) is 25.1. The molecular formula is C36H35N5O5. The summed E-state index contributed by atoms with van der Waals surface area (Å²) in [5.41, 5.74) is 7.07. The van der Waals surface area contributed by atoms with Crippen molar-refractivity contribution in [3.63, 3.8) is 0 Å². The van der Waals surface area contributed by atoms with Gasteiger partial charge >= 0.3 is 6.09 Å². The maximum atomic E-state index is 11.7. The zero-order chi connectivity index (χ0) is 32.0. The van der Waals surface area contributed by atoms with Gasteiger partial charge in [0.05, 0.1) is 34.7 Å². The zero-order valence-electron chi connectivity index (χ0n) is 25.1. The van der Waals surface area contributed by atoms with Gasteiger partial charge in [-0.05, 0) is 71.8 Å². The van der Waals surface area contributed by atoms with Gasteiger partial charge in [0.25, 0.3) is 0 Å². The van der Waals surface area contributed by atoms with Crippen LogP contribution in [0.3, 0.4) is 0 Å². The number of nitrogens with zero attached hydrogens (tertiary/aromatic N) is 2. The van der Waals surface area contributed by atoms with E-state index in [0.29, 0.717) is 28.7 Å². The third-order valence-corrected chi connectivity index (χ3v) is 8.14. The largest absolute Gasteiger partial charge is 0.506 e. The Kier molecular flexibility index (Phi) is 9.09. The van der Waals surface area contributed by atoms with E-state index < -0.39 is 12.2 Å². The Morgan fingerprint density at radius 1 is 0.935 bits per heavy atom. The van der Waals surface area contributed by atoms with Crippen LogP contribution in [0.4, 0.5) is 10.5 Å². The number of carboxylic acid groups (broad SMARTS) is 1. The number of amides is 1. The molecule has 6 rings (SSSR count). The number of benzene rings is 4. The van der Waals surface area contributed by atoms with E-state index in [1.54, 1.807) is 12.1 Å². The molecule has 0 fully saturated rings. The quantitative estimate of drug-likeness (QED) is 0.0896. The van der Waals surface area contributed by atoms with E-state index in [1.807, 2.05) is 60.9 Å². The standard InChI is InChI=1S/C36H35N5O5/c42-32-15-12-27(28-13-16-34(44)40-35(28)32)33(43)21-37-20-24-10-14-31-30(19-24)38-22-41(31)17-5-4-6-23-9-11-26(25-7-2-1-3-8-25)29(18-23)39-36(45)46/h1-3,7-16,18-19,22,33,37,39,42-43H,4-6,17,20-21H2,(H,40,44)(H,45,46)/t33-/m1/s1. The fourth-order valence-corrected chi connectivity index (χ4v) is 5.86. The highest BCUT2D eigenvalue weighted by atomic mass is 16.4. The van der Waals surface area contributed by atoms with Crippen LogP contribution in [0, 0.1) is 0 Å². The van der Waals surface area contributed by atoms with Crippen LogP contribution in [0.15, 0.2) is 102 Å². The van der Waals surface area contributed by atoms with Crippen molar-refractivity contribution in [1.82, 2.24) is 19.9 Å². The number of nitrogens with one attached hydrogen (secondary N) is 3. The lowest BCUT2D eigenvalue weighted by molar-refractivity contribution is 0.176. The number of pyridine rings is 1. The Hall–Kier alpha value is -5.45. The van der Waals surface area contributed by atoms with Crippen LogP contribution in [0.5, 0.6) is 5.75 Å². The first kappa shape index (κ1) is 30.6. The molecule has 0 saturated heterocycles. The minimum Gasteiger partial charge on any atom is -0.506 e. The van der Waals surface area contributed by atoms with Crippen molar-refractivity contribution in [2.75, 3.05) is 11.9 Å². The molecule has 0 spiro atoms. The number of hydrogen-bond acceptors (Lipinski definition) is 6. The van der Waals surface area contributed by atoms with Crippen LogP contribution in [-0.4, -0.2) is 42.5 Å². The molecule has 2 heterocycles. The van der Waals surface area contributed by atoms with Crippen molar-refractivity contribution >= 4 is 33.7 Å². The highest BCUT2D eigenvalue weighted by molar-refractivity contribution is 5.91. The van der Waals surface area contributed by atoms with Gasteiger partial charge in [-0.1, -0.05) is 54.6 Å². The molecule has 1 atom stereocenters. The molecule has 0 saturated carbocycles. The van der Waals surface area contributed by atoms with Crippen molar-refractivity contribution < 1.29 is 20.1 Å². The van der Waals surface area contributed by atoms with Gasteiger partial charge in [-0.2, -0.15) is 0 Å². The van der Waals surface area contributed by atoms with Crippen molar-refractivity contribution in [2.24, 2.45) is 0 Å². The molecule has 6 N–H and O–H groups in total. The molecule has 2 aromatic heterocycles. The van der Waals surface area contributed by atoms with Gasteiger partial charge in [0, 0.05) is 36.7 Å². The fraction of sp³-hybridized carbons (Fsp3) is 0.194. The number of phenolic OH excluding ortho intramolecular Hbond substituents is 1. The summed E-state index contributed by atoms with van der Waals surface area (Å²) in [6.07, 6.45) is 2.65. The van der Waals surface area contributed by atoms with Gasteiger partial charge in [-0.25, -0.2) is 9.78 Å². The van der Waals surface area contributed by atoms with Crippen LogP contribution in [0.2, 0.25) is 0 Å². The Balaban J connectivity index is 1.02. The Labute approximate surface area is 265 Å². The van der Waals surface area contributed by atoms with Gasteiger partial charge in [0.15, 0.2) is 0 Å². The number of hydrogen-bond donors (Lipinski definition) is 6. The molecule has 234 valence electrons. The molecule has 1 amide bonds. The van der Waals surface area contributed by atoms with Crippen molar-refractivity contribution in [2.45, 2.75) is 38.5 Å². The fourth-order valence-electron chi connectivity index (χ4n) is 5.86. The number of aromatic nitrogens is 3. The number of aromatic hydroxyl groups is 1. The van der Waals surface area contributed by atoms with Crippen LogP contribution < -0.4 is 16.2 Å². The Morgan fingerprint density at radius 2 is 1.76 bits per heavy atom. The minimum absolute atomic E-state index is 0.0395. The average Bonchev–Trinajstić information content (AvgIpc) is 3.46. The van der Waals surface area contributed by atoms with Crippen molar-refractivity contribution in [3.05, 3.63) is 124 Å². The summed E-state index contributed by atoms with van der Waals surface area (Å²) >= 11 is 0. The molecule has 0 aliphatic rings. The number of phenols is 1. The third-order valence-electron chi connectivity index (χ3n) is 8.14. The molecule has 10 heteroatoms. The number of anilines is 1. The number of fused-ring (bicyclic) bond motifs is 2. The number of aliphatic hydroxyl groups is 1. The molecule has 0 unspecified atom stereocenters. The van der Waals surface area contributed by atoms with Crippen LogP contribution >= 0.6 is 0 Å². The van der Waals surface area contributed by atoms with Gasteiger partial charge in [-0.15, -0.1) is 0 Å². The summed E-state index contributed by atoms with van der Waals surface area (Å²) in [6.45, 7) is 1.64. The molecule has 0 radical (unpaired) electrons. The number of rotatable bonds is 12. The van der Waals surface area contributed by atoms with Crippen LogP contribution in [0.1, 0.15) is 35.6 Å². The number of unbranched alkanes of at least 4 members (excludes halogenated alkanes) is 1. The van der Waals surface area contributed by atoms with Gasteiger partial charge in [0.1, 0.15) is 5.75 Å². The number of aryl methyl sites for hydroxylation is 2. The van der Waals surface area contributed by atoms with Gasteiger partial charge < -0.3 is 30.2 Å². The predicted octanol–water partition coefficient (Wildman–Crippen LogP) is 6.19. The Bertz CT molecular complexity index is 2050. The topological polar surface area (TPSA) is 152 Å². The second-order valence-electron chi connectivity index (χ2n) is 11.3. The van der Waals surface area contributed by atoms with E-state index in [9.17, 15) is 24.9 Å². The average molecular weight is 618 g/mol. The third kappa shape index (κ3) is 6.93. The number of carbonyl (C=O) groups is 1. The highest BCUT2D eigenvalue weighted by Crippen LogP contribution is 2.30. The van der Waals surface area contributed by atoms with E-state index in [4.69, 9.17) is 0 Å². The molecule has 10 nitrogen and oxygen atoms in total. The number of aromatic amines is 1. The first-order chi connectivity index (χ1) is 22.4. The molecule has 0 aliphatic heterocycles. The first-order valence-electron chi connectivity index (χ1n) is 15.2. The Morgan fingerprint density at radius 3 is 2.59 bits per heavy atom. The summed E-state index contributed by atoms with van der Waals surface area (Å²) in [7, 11) is 0. The molecule has 0 bridgehead atoms. The van der Waals surface area contributed by atoms with Gasteiger partial charge in [-0.3, -0.25) is 10.1 Å². The maximum Gasteiger partial charge on any atom is 0.409 e. The lowest BCUT2D eigenvalue weighted by Gasteiger charge is -2.15. The van der Waals surface area contributed by atoms with Crippen molar-refractivity contribution in [1.29, 1.82) is 0 Å². The normalized spacial score (nSPS) is 12.0. The van der Waals surface area contributed by atoms with Crippen molar-refractivity contribution in [3.8, 4) is 16.9 Å². The summed E-state index contributed by atoms with van der Waals surface area (Å²) in [5, 5.41) is 36.7. The van der Waals surface area contributed by atoms with E-state index >= 15 is 0 Å². The second-order valence-corrected chi connectivity index (χ2v) is 11.3. The number of imidazole rings is 1. The lowest BCUT2D eigenvalue weighted by atomic mass is 9.99. The van der Waals surface area contributed by atoms with Crippen LogP contribution in [-0.2, 0) is 19.5 Å². The SMILES string of the molecule is O=C(O)Nc1cc(CCCCn2cnc3cc(CNC[C@@H](O)c4ccc(O)c5[nH]c(=O)ccc45)ccc32)ccc1-c1ccccc1. The highest BCUT2D eigenvalue weighted by Gasteiger charge is 2.14.